The van der Waals surface area contributed by atoms with E-state index in [4.69, 9.17) is 0 Å². The maximum Gasteiger partial charge on any atom is 0.310 e. The molecule has 1 fully saturated rings. The van der Waals surface area contributed by atoms with Crippen LogP contribution in [-0.4, -0.2) is 34.0 Å². The highest BCUT2D eigenvalue weighted by Crippen LogP contribution is 2.37. The van der Waals surface area contributed by atoms with Gasteiger partial charge in [0.25, 0.3) is 0 Å². The molecule has 1 aromatic heterocycles. The number of pyridine rings is 1. The quantitative estimate of drug-likeness (QED) is 0.868. The Balaban J connectivity index is 2.05. The molecule has 0 amide bonds. The second-order valence-corrected chi connectivity index (χ2v) is 5.80. The van der Waals surface area contributed by atoms with Gasteiger partial charge in [-0.1, -0.05) is 26.2 Å². The van der Waals surface area contributed by atoms with Crippen LogP contribution in [0.5, 0.6) is 0 Å². The topological polar surface area (TPSA) is 53.4 Å². The van der Waals surface area contributed by atoms with Gasteiger partial charge < -0.3 is 5.11 Å². The van der Waals surface area contributed by atoms with Gasteiger partial charge in [-0.15, -0.1) is 0 Å². The predicted molar refractivity (Wildman–Crippen MR) is 78.3 cm³/mol. The Morgan fingerprint density at radius 3 is 2.50 bits per heavy atom. The van der Waals surface area contributed by atoms with Gasteiger partial charge in [-0.3, -0.25) is 14.7 Å². The summed E-state index contributed by atoms with van der Waals surface area (Å²) in [7, 11) is 0. The molecule has 4 nitrogen and oxygen atoms in total. The predicted octanol–water partition coefficient (Wildman–Crippen LogP) is 2.94. The van der Waals surface area contributed by atoms with Crippen LogP contribution in [0.3, 0.4) is 0 Å². The maximum atomic E-state index is 11.7. The first-order chi connectivity index (χ1) is 9.66. The van der Waals surface area contributed by atoms with Gasteiger partial charge in [0, 0.05) is 25.5 Å². The van der Waals surface area contributed by atoms with E-state index in [-0.39, 0.29) is 0 Å². The van der Waals surface area contributed by atoms with E-state index in [1.807, 2.05) is 12.1 Å². The molecule has 1 aromatic rings. The first-order valence-electron chi connectivity index (χ1n) is 7.51. The molecule has 1 aliphatic carbocycles. The fourth-order valence-electron chi connectivity index (χ4n) is 3.12. The maximum absolute atomic E-state index is 11.7. The van der Waals surface area contributed by atoms with E-state index in [1.165, 1.54) is 12.0 Å². The Kier molecular flexibility index (Phi) is 5.12. The van der Waals surface area contributed by atoms with Gasteiger partial charge in [0.05, 0.1) is 5.41 Å². The van der Waals surface area contributed by atoms with Crippen LogP contribution >= 0.6 is 0 Å². The lowest BCUT2D eigenvalue weighted by Gasteiger charge is -2.37. The Hall–Kier alpha value is -1.42. The zero-order valence-corrected chi connectivity index (χ0v) is 12.2. The summed E-state index contributed by atoms with van der Waals surface area (Å²) < 4.78 is 0. The van der Waals surface area contributed by atoms with Crippen LogP contribution < -0.4 is 0 Å². The molecule has 0 aromatic carbocycles. The lowest BCUT2D eigenvalue weighted by Crippen LogP contribution is -2.44. The average molecular weight is 276 g/mol. The third kappa shape index (κ3) is 3.57. The Morgan fingerprint density at radius 1 is 1.30 bits per heavy atom. The summed E-state index contributed by atoms with van der Waals surface area (Å²) >= 11 is 0. The van der Waals surface area contributed by atoms with Gasteiger partial charge in [-0.05, 0) is 37.1 Å². The van der Waals surface area contributed by atoms with Crippen LogP contribution in [0.15, 0.2) is 24.5 Å². The number of hydrogen-bond donors (Lipinski definition) is 1. The van der Waals surface area contributed by atoms with Crippen molar-refractivity contribution < 1.29 is 9.90 Å². The van der Waals surface area contributed by atoms with Crippen molar-refractivity contribution in [2.45, 2.75) is 45.6 Å². The largest absolute Gasteiger partial charge is 0.481 e. The highest BCUT2D eigenvalue weighted by Gasteiger charge is 2.40. The molecule has 2 rings (SSSR count). The van der Waals surface area contributed by atoms with Gasteiger partial charge >= 0.3 is 5.97 Å². The third-order valence-corrected chi connectivity index (χ3v) is 4.39. The minimum Gasteiger partial charge on any atom is -0.481 e. The Morgan fingerprint density at radius 2 is 1.95 bits per heavy atom. The molecule has 20 heavy (non-hydrogen) atoms. The molecule has 0 aliphatic heterocycles. The molecule has 110 valence electrons. The fourth-order valence-corrected chi connectivity index (χ4v) is 3.12. The lowest BCUT2D eigenvalue weighted by molar-refractivity contribution is -0.152. The number of carboxylic acid groups (broad SMARTS) is 1. The Labute approximate surface area is 120 Å². The van der Waals surface area contributed by atoms with E-state index < -0.39 is 11.4 Å². The second-order valence-electron chi connectivity index (χ2n) is 5.80. The minimum absolute atomic E-state index is 0.540. The van der Waals surface area contributed by atoms with Crippen LogP contribution in [-0.2, 0) is 11.3 Å². The van der Waals surface area contributed by atoms with Crippen LogP contribution in [0.4, 0.5) is 0 Å². The van der Waals surface area contributed by atoms with Crippen molar-refractivity contribution in [3.8, 4) is 0 Å². The second kappa shape index (κ2) is 6.84. The van der Waals surface area contributed by atoms with Gasteiger partial charge in [0.15, 0.2) is 0 Å². The molecule has 0 atom stereocenters. The fraction of sp³-hybridized carbons (Fsp3) is 0.625. The van der Waals surface area contributed by atoms with E-state index in [1.54, 1.807) is 12.4 Å². The van der Waals surface area contributed by atoms with E-state index in [0.717, 1.165) is 38.8 Å². The van der Waals surface area contributed by atoms with E-state index >= 15 is 0 Å². The zero-order chi connectivity index (χ0) is 14.4. The molecule has 1 saturated carbocycles. The first kappa shape index (κ1) is 15.0. The van der Waals surface area contributed by atoms with Crippen LogP contribution in [0.25, 0.3) is 0 Å². The molecular weight excluding hydrogens is 252 g/mol. The summed E-state index contributed by atoms with van der Waals surface area (Å²) in [5.41, 5.74) is 0.652. The van der Waals surface area contributed by atoms with Crippen molar-refractivity contribution in [3.05, 3.63) is 30.1 Å². The van der Waals surface area contributed by atoms with Crippen molar-refractivity contribution in [1.82, 2.24) is 9.88 Å². The molecule has 0 bridgehead atoms. The summed E-state index contributed by atoms with van der Waals surface area (Å²) in [4.78, 5) is 18.0. The zero-order valence-electron chi connectivity index (χ0n) is 12.2. The minimum atomic E-state index is -0.620. The van der Waals surface area contributed by atoms with Crippen molar-refractivity contribution in [2.24, 2.45) is 5.41 Å². The van der Waals surface area contributed by atoms with Gasteiger partial charge in [-0.25, -0.2) is 0 Å². The number of carboxylic acids is 1. The molecule has 0 spiro atoms. The highest BCUT2D eigenvalue weighted by atomic mass is 16.4. The standard InChI is InChI=1S/C16H24N2O2/c1-2-18(12-14-6-10-17-11-7-14)13-16(15(19)20)8-4-3-5-9-16/h6-7,10-11H,2-5,8-9,12-13H2,1H3,(H,19,20). The first-order valence-corrected chi connectivity index (χ1v) is 7.51. The molecule has 0 radical (unpaired) electrons. The lowest BCUT2D eigenvalue weighted by atomic mass is 9.73. The number of hydrogen-bond acceptors (Lipinski definition) is 3. The Bertz CT molecular complexity index is 427. The third-order valence-electron chi connectivity index (χ3n) is 4.39. The molecule has 1 N–H and O–H groups in total. The summed E-state index contributed by atoms with van der Waals surface area (Å²) in [6.07, 6.45) is 8.46. The molecule has 4 heteroatoms. The molecule has 1 heterocycles. The van der Waals surface area contributed by atoms with Crippen molar-refractivity contribution in [1.29, 1.82) is 0 Å². The number of rotatable bonds is 6. The molecule has 1 aliphatic rings. The summed E-state index contributed by atoms with van der Waals surface area (Å²) in [6.45, 7) is 4.42. The van der Waals surface area contributed by atoms with Crippen molar-refractivity contribution in [3.63, 3.8) is 0 Å². The summed E-state index contributed by atoms with van der Waals surface area (Å²) in [5, 5.41) is 9.66. The summed E-state index contributed by atoms with van der Waals surface area (Å²) in [5.74, 6) is -0.620. The van der Waals surface area contributed by atoms with Crippen LogP contribution in [0, 0.1) is 5.41 Å². The number of aliphatic carboxylic acids is 1. The summed E-state index contributed by atoms with van der Waals surface area (Å²) in [6, 6.07) is 3.99. The highest BCUT2D eigenvalue weighted by molar-refractivity contribution is 5.75. The van der Waals surface area contributed by atoms with Crippen LogP contribution in [0.1, 0.15) is 44.6 Å². The van der Waals surface area contributed by atoms with Gasteiger partial charge in [-0.2, -0.15) is 0 Å². The van der Waals surface area contributed by atoms with E-state index in [0.29, 0.717) is 6.54 Å². The SMILES string of the molecule is CCN(Cc1ccncc1)CC1(C(=O)O)CCCCC1. The smallest absolute Gasteiger partial charge is 0.310 e. The van der Waals surface area contributed by atoms with E-state index in [9.17, 15) is 9.90 Å². The van der Waals surface area contributed by atoms with E-state index in [2.05, 4.69) is 16.8 Å². The normalized spacial score (nSPS) is 18.1. The van der Waals surface area contributed by atoms with Crippen molar-refractivity contribution >= 4 is 5.97 Å². The van der Waals surface area contributed by atoms with Crippen LogP contribution in [0.2, 0.25) is 0 Å². The van der Waals surface area contributed by atoms with Gasteiger partial charge in [0.2, 0.25) is 0 Å². The van der Waals surface area contributed by atoms with Gasteiger partial charge in [0.1, 0.15) is 0 Å². The number of aromatic nitrogens is 1. The molecule has 0 unspecified atom stereocenters. The average Bonchev–Trinajstić information content (AvgIpc) is 2.48. The number of carbonyl (C=O) groups is 1. The number of nitrogens with zero attached hydrogens (tertiary/aromatic N) is 2. The molecule has 0 saturated heterocycles. The molecular formula is C16H24N2O2. The monoisotopic (exact) mass is 276 g/mol. The van der Waals surface area contributed by atoms with Crippen molar-refractivity contribution in [2.75, 3.05) is 13.1 Å².